The molecule has 1 heterocycles. The van der Waals surface area contributed by atoms with Crippen molar-refractivity contribution in [1.82, 2.24) is 10.0 Å². The molecule has 0 unspecified atom stereocenters. The number of fused-ring (bicyclic) bond motifs is 1. The fourth-order valence-corrected chi connectivity index (χ4v) is 4.81. The Hall–Kier alpha value is -2.00. The minimum atomic E-state index is -3.60. The van der Waals surface area contributed by atoms with Gasteiger partial charge in [-0.25, -0.2) is 17.9 Å². The predicted octanol–water partition coefficient (Wildman–Crippen LogP) is 3.07. The van der Waals surface area contributed by atoms with Crippen molar-refractivity contribution < 1.29 is 27.4 Å². The van der Waals surface area contributed by atoms with Gasteiger partial charge in [0, 0.05) is 19.2 Å². The molecule has 0 atom stereocenters. The fourth-order valence-electron chi connectivity index (χ4n) is 3.68. The van der Waals surface area contributed by atoms with Crippen LogP contribution in [0, 0.1) is 11.8 Å². The molecule has 2 N–H and O–H groups in total. The molecule has 1 fully saturated rings. The molecule has 0 radical (unpaired) electrons. The van der Waals surface area contributed by atoms with Crippen LogP contribution in [-0.2, 0) is 14.8 Å². The third-order valence-electron chi connectivity index (χ3n) is 5.29. The monoisotopic (exact) mass is 440 g/mol. The SMILES string of the molecule is CC(C)(C)OC(=O)NC[C@H]1CC[C@H](CNS(=O)(=O)c2ccc3c(c2)OCCO3)CC1. The minimum Gasteiger partial charge on any atom is -0.486 e. The first kappa shape index (κ1) is 22.7. The number of ether oxygens (including phenoxy) is 3. The van der Waals surface area contributed by atoms with E-state index in [0.717, 1.165) is 25.7 Å². The number of carbonyl (C=O) groups is 1. The smallest absolute Gasteiger partial charge is 0.407 e. The molecule has 168 valence electrons. The van der Waals surface area contributed by atoms with Crippen LogP contribution in [0.5, 0.6) is 11.5 Å². The van der Waals surface area contributed by atoms with Crippen molar-refractivity contribution in [3.63, 3.8) is 0 Å². The molecule has 30 heavy (non-hydrogen) atoms. The fraction of sp³-hybridized carbons (Fsp3) is 0.667. The number of nitrogens with one attached hydrogen (secondary N) is 2. The van der Waals surface area contributed by atoms with E-state index in [1.807, 2.05) is 20.8 Å². The highest BCUT2D eigenvalue weighted by Crippen LogP contribution is 2.32. The van der Waals surface area contributed by atoms with Crippen LogP contribution in [0.1, 0.15) is 46.5 Å². The summed E-state index contributed by atoms with van der Waals surface area (Å²) < 4.78 is 44.2. The van der Waals surface area contributed by atoms with E-state index in [1.54, 1.807) is 6.07 Å². The van der Waals surface area contributed by atoms with E-state index < -0.39 is 21.7 Å². The zero-order valence-electron chi connectivity index (χ0n) is 17.9. The van der Waals surface area contributed by atoms with Gasteiger partial charge in [-0.1, -0.05) is 0 Å². The molecule has 3 rings (SSSR count). The summed E-state index contributed by atoms with van der Waals surface area (Å²) in [6.45, 7) is 7.38. The highest BCUT2D eigenvalue weighted by atomic mass is 32.2. The van der Waals surface area contributed by atoms with Gasteiger partial charge in [-0.15, -0.1) is 0 Å². The summed E-state index contributed by atoms with van der Waals surface area (Å²) in [7, 11) is -3.60. The van der Waals surface area contributed by atoms with Crippen LogP contribution in [0.2, 0.25) is 0 Å². The zero-order chi connectivity index (χ0) is 21.8. The average Bonchev–Trinajstić information content (AvgIpc) is 2.70. The third-order valence-corrected chi connectivity index (χ3v) is 6.71. The second kappa shape index (κ2) is 9.43. The lowest BCUT2D eigenvalue weighted by Crippen LogP contribution is -2.37. The number of hydrogen-bond acceptors (Lipinski definition) is 6. The van der Waals surface area contributed by atoms with Crippen molar-refractivity contribution in [3.05, 3.63) is 18.2 Å². The second-order valence-electron chi connectivity index (χ2n) is 8.93. The Balaban J connectivity index is 1.42. The number of alkyl carbamates (subject to hydrolysis) is 1. The summed E-state index contributed by atoms with van der Waals surface area (Å²) in [6, 6.07) is 4.68. The predicted molar refractivity (Wildman–Crippen MR) is 112 cm³/mol. The van der Waals surface area contributed by atoms with Gasteiger partial charge in [0.2, 0.25) is 10.0 Å². The first-order chi connectivity index (χ1) is 14.1. The summed E-state index contributed by atoms with van der Waals surface area (Å²) in [6.07, 6.45) is 3.35. The highest BCUT2D eigenvalue weighted by molar-refractivity contribution is 7.89. The lowest BCUT2D eigenvalue weighted by molar-refractivity contribution is 0.0513. The first-order valence-corrected chi connectivity index (χ1v) is 12.0. The van der Waals surface area contributed by atoms with Crippen LogP contribution >= 0.6 is 0 Å². The first-order valence-electron chi connectivity index (χ1n) is 10.5. The van der Waals surface area contributed by atoms with E-state index in [4.69, 9.17) is 14.2 Å². The number of carbonyl (C=O) groups excluding carboxylic acids is 1. The van der Waals surface area contributed by atoms with Gasteiger partial charge in [0.15, 0.2) is 11.5 Å². The lowest BCUT2D eigenvalue weighted by atomic mass is 9.82. The molecule has 0 aromatic heterocycles. The van der Waals surface area contributed by atoms with Gasteiger partial charge in [0.1, 0.15) is 18.8 Å². The summed E-state index contributed by atoms with van der Waals surface area (Å²) in [5.74, 6) is 1.71. The molecule has 2 aliphatic rings. The quantitative estimate of drug-likeness (QED) is 0.705. The topological polar surface area (TPSA) is 103 Å². The van der Waals surface area contributed by atoms with Crippen molar-refractivity contribution in [1.29, 1.82) is 0 Å². The van der Waals surface area contributed by atoms with Crippen molar-refractivity contribution >= 4 is 16.1 Å². The van der Waals surface area contributed by atoms with Crippen molar-refractivity contribution in [2.75, 3.05) is 26.3 Å². The van der Waals surface area contributed by atoms with Crippen LogP contribution in [0.4, 0.5) is 4.79 Å². The normalized spacial score (nSPS) is 21.7. The number of benzene rings is 1. The number of rotatable bonds is 6. The molecule has 1 aromatic carbocycles. The average molecular weight is 441 g/mol. The van der Waals surface area contributed by atoms with Crippen LogP contribution in [0.25, 0.3) is 0 Å². The van der Waals surface area contributed by atoms with E-state index in [2.05, 4.69) is 10.0 Å². The molecular formula is C21H32N2O6S. The standard InChI is InChI=1S/C21H32N2O6S/c1-21(2,3)29-20(24)22-13-15-4-6-16(7-5-15)14-23-30(25,26)17-8-9-18-19(12-17)28-11-10-27-18/h8-9,12,15-16,23H,4-7,10-11,13-14H2,1-3H3,(H,22,24)/t15-,16-. The van der Waals surface area contributed by atoms with Gasteiger partial charge in [-0.05, 0) is 70.4 Å². The lowest BCUT2D eigenvalue weighted by Gasteiger charge is -2.29. The maximum Gasteiger partial charge on any atom is 0.407 e. The van der Waals surface area contributed by atoms with Crippen molar-refractivity contribution in [2.45, 2.75) is 57.0 Å². The van der Waals surface area contributed by atoms with Gasteiger partial charge >= 0.3 is 6.09 Å². The molecule has 1 aliphatic carbocycles. The van der Waals surface area contributed by atoms with Gasteiger partial charge in [0.05, 0.1) is 4.90 Å². The van der Waals surface area contributed by atoms with Crippen LogP contribution in [0.15, 0.2) is 23.1 Å². The Morgan fingerprint density at radius 2 is 1.63 bits per heavy atom. The number of hydrogen-bond donors (Lipinski definition) is 2. The van der Waals surface area contributed by atoms with Crippen LogP contribution < -0.4 is 19.5 Å². The second-order valence-corrected chi connectivity index (χ2v) is 10.7. The number of amides is 1. The van der Waals surface area contributed by atoms with E-state index in [-0.39, 0.29) is 10.8 Å². The van der Waals surface area contributed by atoms with E-state index >= 15 is 0 Å². The Bertz CT molecular complexity index is 842. The molecule has 1 saturated carbocycles. The summed E-state index contributed by atoms with van der Waals surface area (Å²) >= 11 is 0. The van der Waals surface area contributed by atoms with E-state index in [1.165, 1.54) is 12.1 Å². The van der Waals surface area contributed by atoms with Crippen LogP contribution in [0.3, 0.4) is 0 Å². The number of sulfonamides is 1. The maximum absolute atomic E-state index is 12.6. The molecule has 1 amide bonds. The van der Waals surface area contributed by atoms with Crippen molar-refractivity contribution in [2.24, 2.45) is 11.8 Å². The molecule has 0 bridgehead atoms. The molecule has 1 aliphatic heterocycles. The van der Waals surface area contributed by atoms with E-state index in [0.29, 0.717) is 43.7 Å². The minimum absolute atomic E-state index is 0.182. The largest absolute Gasteiger partial charge is 0.486 e. The van der Waals surface area contributed by atoms with Gasteiger partial charge in [-0.2, -0.15) is 0 Å². The highest BCUT2D eigenvalue weighted by Gasteiger charge is 2.25. The zero-order valence-corrected chi connectivity index (χ0v) is 18.7. The van der Waals surface area contributed by atoms with Gasteiger partial charge in [0.25, 0.3) is 0 Å². The molecular weight excluding hydrogens is 408 g/mol. The Labute approximate surface area is 178 Å². The van der Waals surface area contributed by atoms with Gasteiger partial charge in [-0.3, -0.25) is 0 Å². The Morgan fingerprint density at radius 3 is 2.27 bits per heavy atom. The molecule has 1 aromatic rings. The molecule has 8 nitrogen and oxygen atoms in total. The Morgan fingerprint density at radius 1 is 1.03 bits per heavy atom. The summed E-state index contributed by atoms with van der Waals surface area (Å²) in [4.78, 5) is 12.0. The summed E-state index contributed by atoms with van der Waals surface area (Å²) in [5.41, 5.74) is -0.504. The molecule has 9 heteroatoms. The Kier molecular flexibility index (Phi) is 7.13. The van der Waals surface area contributed by atoms with Crippen LogP contribution in [-0.4, -0.2) is 46.4 Å². The molecule has 0 spiro atoms. The van der Waals surface area contributed by atoms with Gasteiger partial charge < -0.3 is 19.5 Å². The molecule has 0 saturated heterocycles. The maximum atomic E-state index is 12.6. The van der Waals surface area contributed by atoms with Crippen molar-refractivity contribution in [3.8, 4) is 11.5 Å². The third kappa shape index (κ3) is 6.50. The van der Waals surface area contributed by atoms with E-state index in [9.17, 15) is 13.2 Å². The summed E-state index contributed by atoms with van der Waals surface area (Å²) in [5, 5.41) is 2.83.